The molecular weight excluding hydrogens is 415 g/mol. The zero-order valence-electron chi connectivity index (χ0n) is 12.2. The normalized spacial score (nSPS) is 24.6. The van der Waals surface area contributed by atoms with Crippen LogP contribution < -0.4 is 0 Å². The summed E-state index contributed by atoms with van der Waals surface area (Å²) in [5.74, 6) is 1.36. The molecule has 0 heterocycles. The fourth-order valence-electron chi connectivity index (χ4n) is 4.12. The quantitative estimate of drug-likeness (QED) is 0.487. The molecule has 2 atom stereocenters. The van der Waals surface area contributed by atoms with Crippen LogP contribution in [0.25, 0.3) is 10.8 Å². The van der Waals surface area contributed by atoms with Crippen molar-refractivity contribution < 1.29 is 0 Å². The Hall–Kier alpha value is -0.281. The molecule has 0 fully saturated rings. The third kappa shape index (κ3) is 1.78. The standard InChI is InChI=1S/C15H10Br.3CH3.Sn/c16-15-8-11-7-14(15)13-6-10-4-2-1-3-9(10)5-12(11)13;;;;/h1-6,11,14H,7H2;3*1H3;/t11-,14-;;;;/m0..../s1. The topological polar surface area (TPSA) is 0 Å². The van der Waals surface area contributed by atoms with Crippen LogP contribution in [0, 0.1) is 0 Å². The summed E-state index contributed by atoms with van der Waals surface area (Å²) in [5.41, 5.74) is 3.21. The molecule has 0 aliphatic heterocycles. The second-order valence-electron chi connectivity index (χ2n) is 7.18. The maximum absolute atomic E-state index is 3.96. The number of halogens is 1. The van der Waals surface area contributed by atoms with Gasteiger partial charge in [0, 0.05) is 0 Å². The van der Waals surface area contributed by atoms with E-state index in [4.69, 9.17) is 0 Å². The van der Waals surface area contributed by atoms with Crippen LogP contribution in [0.3, 0.4) is 0 Å². The summed E-state index contributed by atoms with van der Waals surface area (Å²) in [6.07, 6.45) is 1.32. The average molecular weight is 434 g/mol. The first-order valence-electron chi connectivity index (χ1n) is 7.39. The van der Waals surface area contributed by atoms with E-state index < -0.39 is 18.4 Å². The molecule has 0 unspecified atom stereocenters. The van der Waals surface area contributed by atoms with Gasteiger partial charge in [-0.1, -0.05) is 0 Å². The zero-order valence-corrected chi connectivity index (χ0v) is 16.6. The van der Waals surface area contributed by atoms with Crippen molar-refractivity contribution in [3.8, 4) is 0 Å². The Morgan fingerprint density at radius 2 is 1.50 bits per heavy atom. The number of hydrogen-bond acceptors (Lipinski definition) is 0. The Bertz CT molecular complexity index is 752. The molecule has 20 heavy (non-hydrogen) atoms. The molecule has 0 radical (unpaired) electrons. The summed E-state index contributed by atoms with van der Waals surface area (Å²) >= 11 is 1.95. The van der Waals surface area contributed by atoms with E-state index in [-0.39, 0.29) is 0 Å². The molecular formula is C18H19BrSn. The van der Waals surface area contributed by atoms with Crippen LogP contribution in [0.4, 0.5) is 0 Å². The van der Waals surface area contributed by atoms with Gasteiger partial charge in [-0.25, -0.2) is 0 Å². The van der Waals surface area contributed by atoms with Crippen molar-refractivity contribution in [1.82, 2.24) is 0 Å². The van der Waals surface area contributed by atoms with E-state index in [1.54, 1.807) is 15.6 Å². The second-order valence-corrected chi connectivity index (χ2v) is 22.4. The molecule has 0 N–H and O–H groups in total. The van der Waals surface area contributed by atoms with E-state index >= 15 is 0 Å². The van der Waals surface area contributed by atoms with Gasteiger partial charge < -0.3 is 0 Å². The molecule has 2 heteroatoms. The monoisotopic (exact) mass is 434 g/mol. The van der Waals surface area contributed by atoms with Gasteiger partial charge in [0.1, 0.15) is 0 Å². The molecule has 0 nitrogen and oxygen atoms in total. The van der Waals surface area contributed by atoms with Gasteiger partial charge in [0.25, 0.3) is 0 Å². The third-order valence-electron chi connectivity index (χ3n) is 4.89. The van der Waals surface area contributed by atoms with Gasteiger partial charge in [0.05, 0.1) is 0 Å². The molecule has 0 saturated heterocycles. The van der Waals surface area contributed by atoms with Gasteiger partial charge in [-0.2, -0.15) is 0 Å². The predicted molar refractivity (Wildman–Crippen MR) is 93.3 cm³/mol. The predicted octanol–water partition coefficient (Wildman–Crippen LogP) is 5.95. The van der Waals surface area contributed by atoms with Gasteiger partial charge in [-0.05, 0) is 0 Å². The van der Waals surface area contributed by atoms with E-state index in [1.165, 1.54) is 17.2 Å². The summed E-state index contributed by atoms with van der Waals surface area (Å²) in [6, 6.07) is 13.7. The average Bonchev–Trinajstić information content (AvgIpc) is 2.90. The second kappa shape index (κ2) is 4.36. The Balaban J connectivity index is 1.95. The van der Waals surface area contributed by atoms with Crippen molar-refractivity contribution in [2.24, 2.45) is 0 Å². The van der Waals surface area contributed by atoms with Crippen molar-refractivity contribution in [2.45, 2.75) is 33.1 Å². The van der Waals surface area contributed by atoms with Crippen LogP contribution in [0.5, 0.6) is 0 Å². The minimum atomic E-state index is -2.01. The summed E-state index contributed by atoms with van der Waals surface area (Å²) in [6.45, 7) is 0. The number of allylic oxidation sites excluding steroid dienone is 2. The van der Waals surface area contributed by atoms with Crippen molar-refractivity contribution >= 4 is 45.1 Å². The fourth-order valence-corrected chi connectivity index (χ4v) is 15.1. The van der Waals surface area contributed by atoms with Gasteiger partial charge in [-0.15, -0.1) is 0 Å². The Kier molecular flexibility index (Phi) is 2.92. The first-order chi connectivity index (χ1) is 9.47. The van der Waals surface area contributed by atoms with Crippen LogP contribution in [0.2, 0.25) is 14.8 Å². The number of benzene rings is 2. The number of fused-ring (bicyclic) bond motifs is 6. The van der Waals surface area contributed by atoms with Crippen molar-refractivity contribution in [1.29, 1.82) is 0 Å². The van der Waals surface area contributed by atoms with Crippen molar-refractivity contribution in [2.75, 3.05) is 0 Å². The Morgan fingerprint density at radius 1 is 0.950 bits per heavy atom. The van der Waals surface area contributed by atoms with Crippen molar-refractivity contribution in [3.05, 3.63) is 55.6 Å². The van der Waals surface area contributed by atoms with Gasteiger partial charge in [0.15, 0.2) is 0 Å². The molecule has 0 spiro atoms. The molecule has 4 rings (SSSR count). The van der Waals surface area contributed by atoms with Crippen molar-refractivity contribution in [3.63, 3.8) is 0 Å². The molecule has 0 aromatic heterocycles. The van der Waals surface area contributed by atoms with E-state index in [9.17, 15) is 0 Å². The van der Waals surface area contributed by atoms with Crippen LogP contribution in [-0.4, -0.2) is 18.4 Å². The summed E-state index contributed by atoms with van der Waals surface area (Å²) in [4.78, 5) is 7.64. The first-order valence-corrected chi connectivity index (χ1v) is 18.2. The molecule has 102 valence electrons. The van der Waals surface area contributed by atoms with E-state index in [2.05, 4.69) is 67.1 Å². The van der Waals surface area contributed by atoms with Crippen LogP contribution in [0.15, 0.2) is 44.5 Å². The first kappa shape index (κ1) is 13.4. The third-order valence-corrected chi connectivity index (χ3v) is 13.3. The molecule has 2 bridgehead atoms. The molecule has 0 amide bonds. The van der Waals surface area contributed by atoms with Gasteiger partial charge in [0.2, 0.25) is 0 Å². The number of rotatable bonds is 1. The maximum atomic E-state index is 3.96. The van der Waals surface area contributed by atoms with Gasteiger partial charge >= 0.3 is 134 Å². The zero-order chi connectivity index (χ0) is 14.1. The Morgan fingerprint density at radius 3 is 2.05 bits per heavy atom. The van der Waals surface area contributed by atoms with Crippen LogP contribution in [0.1, 0.15) is 29.4 Å². The van der Waals surface area contributed by atoms with Gasteiger partial charge in [-0.3, -0.25) is 0 Å². The molecule has 2 aliphatic carbocycles. The molecule has 0 saturated carbocycles. The minimum absolute atomic E-state index is 0.644. The SMILES string of the molecule is [CH3][Sn]([CH3])([CH3])[C]1=C(Br)[C@H]2C[C@@H]1c1cc3ccccc3cc12. The fraction of sp³-hybridized carbons (Fsp3) is 0.333. The molecule has 2 aromatic rings. The summed E-state index contributed by atoms with van der Waals surface area (Å²) in [5, 5.41) is 2.79. The van der Waals surface area contributed by atoms with Crippen LogP contribution in [-0.2, 0) is 0 Å². The van der Waals surface area contributed by atoms with E-state index in [0.717, 1.165) is 0 Å². The van der Waals surface area contributed by atoms with E-state index in [0.29, 0.717) is 11.8 Å². The molecule has 2 aliphatic rings. The molecule has 2 aromatic carbocycles. The summed E-state index contributed by atoms with van der Waals surface area (Å²) in [7, 11) is 0. The van der Waals surface area contributed by atoms with E-state index in [1.807, 2.05) is 3.59 Å². The Labute approximate surface area is 133 Å². The van der Waals surface area contributed by atoms with Crippen LogP contribution >= 0.6 is 15.9 Å². The number of hydrogen-bond donors (Lipinski definition) is 0. The summed E-state index contributed by atoms with van der Waals surface area (Å²) < 4.78 is 3.38.